The van der Waals surface area contributed by atoms with E-state index in [1.54, 1.807) is 18.2 Å². The zero-order chi connectivity index (χ0) is 19.3. The summed E-state index contributed by atoms with van der Waals surface area (Å²) in [6, 6.07) is 20.1. The molecular weight excluding hydrogens is 354 g/mol. The van der Waals surface area contributed by atoms with E-state index in [2.05, 4.69) is 11.1 Å². The van der Waals surface area contributed by atoms with Crippen LogP contribution in [0.15, 0.2) is 69.9 Å². The highest BCUT2D eigenvalue weighted by atomic mass is 16.5. The number of hydrogen-bond donors (Lipinski definition) is 0. The molecule has 0 atom stereocenters. The van der Waals surface area contributed by atoms with Crippen LogP contribution in [-0.4, -0.2) is 9.38 Å². The van der Waals surface area contributed by atoms with Crippen LogP contribution in [0.5, 0.6) is 11.6 Å². The van der Waals surface area contributed by atoms with E-state index in [-0.39, 0.29) is 0 Å². The van der Waals surface area contributed by atoms with Crippen molar-refractivity contribution in [2.24, 2.45) is 0 Å². The van der Waals surface area contributed by atoms with Gasteiger partial charge in [-0.15, -0.1) is 0 Å². The van der Waals surface area contributed by atoms with Gasteiger partial charge in [0.05, 0.1) is 16.6 Å². The van der Waals surface area contributed by atoms with E-state index in [0.717, 1.165) is 22.0 Å². The summed E-state index contributed by atoms with van der Waals surface area (Å²) in [6.07, 6.45) is 0. The first kappa shape index (κ1) is 16.1. The normalized spacial score (nSPS) is 11.1. The second-order valence-corrected chi connectivity index (χ2v) is 6.47. The summed E-state index contributed by atoms with van der Waals surface area (Å²) in [5, 5.41) is 10.4. The molecule has 0 unspecified atom stereocenters. The number of hydrogen-bond acceptors (Lipinski definition) is 5. The highest BCUT2D eigenvalue weighted by Crippen LogP contribution is 2.31. The molecule has 0 fully saturated rings. The van der Waals surface area contributed by atoms with Crippen molar-refractivity contribution >= 4 is 27.6 Å². The molecule has 2 aromatic carbocycles. The molecule has 0 saturated heterocycles. The number of rotatable bonds is 2. The Bertz CT molecular complexity index is 1490. The smallest absolute Gasteiger partial charge is 0.336 e. The molecule has 134 valence electrons. The van der Waals surface area contributed by atoms with Gasteiger partial charge in [-0.05, 0) is 42.8 Å². The van der Waals surface area contributed by atoms with Crippen molar-refractivity contribution in [2.45, 2.75) is 6.92 Å². The first-order valence-electron chi connectivity index (χ1n) is 8.67. The van der Waals surface area contributed by atoms with Crippen LogP contribution in [0.25, 0.3) is 27.6 Å². The maximum absolute atomic E-state index is 11.5. The SMILES string of the molecule is Cc1cc(Oc2ccc3ccc(=O)oc3c2)n2c(nc3ccccc32)c1C#N. The maximum Gasteiger partial charge on any atom is 0.336 e. The molecule has 5 rings (SSSR count). The maximum atomic E-state index is 11.5. The van der Waals surface area contributed by atoms with E-state index in [1.165, 1.54) is 6.07 Å². The molecule has 0 aliphatic heterocycles. The van der Waals surface area contributed by atoms with Gasteiger partial charge < -0.3 is 9.15 Å². The third kappa shape index (κ3) is 2.42. The van der Waals surface area contributed by atoms with E-state index in [4.69, 9.17) is 9.15 Å². The standard InChI is InChI=1S/C22H13N3O3/c1-13-10-20(27-15-8-6-14-7-9-21(26)28-19(14)11-15)25-18-5-3-2-4-17(18)24-22(25)16(13)12-23/h2-11H,1H3. The van der Waals surface area contributed by atoms with Gasteiger partial charge in [0.25, 0.3) is 0 Å². The Labute approximate surface area is 158 Å². The minimum atomic E-state index is -0.415. The van der Waals surface area contributed by atoms with Gasteiger partial charge in [0.15, 0.2) is 5.65 Å². The molecule has 6 nitrogen and oxygen atoms in total. The lowest BCUT2D eigenvalue weighted by molar-refractivity contribution is 0.456. The molecule has 0 saturated carbocycles. The number of para-hydroxylation sites is 2. The average molecular weight is 367 g/mol. The van der Waals surface area contributed by atoms with Gasteiger partial charge in [0.2, 0.25) is 5.88 Å². The van der Waals surface area contributed by atoms with Crippen LogP contribution >= 0.6 is 0 Å². The number of nitrogens with zero attached hydrogens (tertiary/aromatic N) is 3. The average Bonchev–Trinajstić information content (AvgIpc) is 3.07. The molecule has 0 bridgehead atoms. The summed E-state index contributed by atoms with van der Waals surface area (Å²) in [5.74, 6) is 1.04. The molecule has 0 aliphatic carbocycles. The van der Waals surface area contributed by atoms with Crippen molar-refractivity contribution in [3.8, 4) is 17.7 Å². The Morgan fingerprint density at radius 2 is 1.93 bits per heavy atom. The summed E-state index contributed by atoms with van der Waals surface area (Å²) in [6.45, 7) is 1.85. The predicted octanol–water partition coefficient (Wildman–Crippen LogP) is 4.57. The largest absolute Gasteiger partial charge is 0.440 e. The van der Waals surface area contributed by atoms with E-state index < -0.39 is 5.63 Å². The fraction of sp³-hybridized carbons (Fsp3) is 0.0455. The van der Waals surface area contributed by atoms with Crippen LogP contribution in [0, 0.1) is 18.3 Å². The van der Waals surface area contributed by atoms with Crippen molar-refractivity contribution < 1.29 is 9.15 Å². The minimum absolute atomic E-state index is 0.415. The van der Waals surface area contributed by atoms with Crippen molar-refractivity contribution in [3.63, 3.8) is 0 Å². The number of aromatic nitrogens is 2. The Morgan fingerprint density at radius 3 is 2.79 bits per heavy atom. The van der Waals surface area contributed by atoms with Crippen molar-refractivity contribution in [3.05, 3.63) is 82.2 Å². The second-order valence-electron chi connectivity index (χ2n) is 6.47. The van der Waals surface area contributed by atoms with Crippen LogP contribution in [-0.2, 0) is 0 Å². The summed E-state index contributed by atoms with van der Waals surface area (Å²) in [7, 11) is 0. The molecule has 5 aromatic rings. The summed E-state index contributed by atoms with van der Waals surface area (Å²) in [4.78, 5) is 16.1. The van der Waals surface area contributed by atoms with Crippen LogP contribution in [0.1, 0.15) is 11.1 Å². The minimum Gasteiger partial charge on any atom is -0.440 e. The van der Waals surface area contributed by atoms with Crippen LogP contribution < -0.4 is 10.4 Å². The molecule has 0 radical (unpaired) electrons. The first-order chi connectivity index (χ1) is 13.6. The second kappa shape index (κ2) is 5.96. The molecule has 0 N–H and O–H groups in total. The number of ether oxygens (including phenoxy) is 1. The van der Waals surface area contributed by atoms with E-state index >= 15 is 0 Å². The molecule has 6 heteroatoms. The number of aryl methyl sites for hydroxylation is 1. The van der Waals surface area contributed by atoms with Gasteiger partial charge in [-0.25, -0.2) is 9.78 Å². The molecule has 0 aliphatic rings. The van der Waals surface area contributed by atoms with Gasteiger partial charge >= 0.3 is 5.63 Å². The first-order valence-corrected chi connectivity index (χ1v) is 8.67. The molecular formula is C22H13N3O3. The monoisotopic (exact) mass is 367 g/mol. The van der Waals surface area contributed by atoms with Crippen molar-refractivity contribution in [1.82, 2.24) is 9.38 Å². The Kier molecular flexibility index (Phi) is 3.43. The molecule has 28 heavy (non-hydrogen) atoms. The number of imidazole rings is 1. The van der Waals surface area contributed by atoms with Gasteiger partial charge in [-0.1, -0.05) is 12.1 Å². The number of fused-ring (bicyclic) bond motifs is 4. The summed E-state index contributed by atoms with van der Waals surface area (Å²) < 4.78 is 13.2. The van der Waals surface area contributed by atoms with E-state index in [0.29, 0.717) is 28.4 Å². The van der Waals surface area contributed by atoms with Crippen LogP contribution in [0.3, 0.4) is 0 Å². The lowest BCUT2D eigenvalue weighted by atomic mass is 10.1. The van der Waals surface area contributed by atoms with Gasteiger partial charge in [0.1, 0.15) is 17.4 Å². The van der Waals surface area contributed by atoms with Gasteiger partial charge in [-0.2, -0.15) is 5.26 Å². The highest BCUT2D eigenvalue weighted by Gasteiger charge is 2.16. The van der Waals surface area contributed by atoms with E-state index in [1.807, 2.05) is 47.7 Å². The topological polar surface area (TPSA) is 80.5 Å². The lowest BCUT2D eigenvalue weighted by Crippen LogP contribution is -1.99. The molecule has 3 heterocycles. The Hall–Kier alpha value is -4.11. The zero-order valence-corrected chi connectivity index (χ0v) is 14.8. The zero-order valence-electron chi connectivity index (χ0n) is 14.8. The van der Waals surface area contributed by atoms with Crippen molar-refractivity contribution in [2.75, 3.05) is 0 Å². The fourth-order valence-electron chi connectivity index (χ4n) is 3.35. The van der Waals surface area contributed by atoms with Crippen molar-refractivity contribution in [1.29, 1.82) is 5.26 Å². The number of benzene rings is 2. The predicted molar refractivity (Wildman–Crippen MR) is 105 cm³/mol. The fourth-order valence-corrected chi connectivity index (χ4v) is 3.35. The van der Waals surface area contributed by atoms with Gasteiger partial charge in [0, 0.05) is 23.6 Å². The third-order valence-corrected chi connectivity index (χ3v) is 4.67. The summed E-state index contributed by atoms with van der Waals surface area (Å²) in [5.41, 5.74) is 3.48. The molecule has 0 amide bonds. The van der Waals surface area contributed by atoms with Crippen LogP contribution in [0.2, 0.25) is 0 Å². The lowest BCUT2D eigenvalue weighted by Gasteiger charge is -2.11. The Morgan fingerprint density at radius 1 is 1.11 bits per heavy atom. The summed E-state index contributed by atoms with van der Waals surface area (Å²) >= 11 is 0. The van der Waals surface area contributed by atoms with E-state index in [9.17, 15) is 10.1 Å². The Balaban J connectivity index is 1.75. The quantitative estimate of drug-likeness (QED) is 0.427. The highest BCUT2D eigenvalue weighted by molar-refractivity contribution is 5.84. The molecule has 3 aromatic heterocycles. The third-order valence-electron chi connectivity index (χ3n) is 4.67. The number of nitriles is 1. The number of pyridine rings is 1. The molecule has 0 spiro atoms. The van der Waals surface area contributed by atoms with Crippen LogP contribution in [0.4, 0.5) is 0 Å². The van der Waals surface area contributed by atoms with Gasteiger partial charge in [-0.3, -0.25) is 4.40 Å².